The lowest BCUT2D eigenvalue weighted by atomic mass is 10.2. The minimum atomic E-state index is -0.598. The number of nitrogens with zero attached hydrogens (tertiary/aromatic N) is 22. The molecule has 65 heavy (non-hydrogen) atoms. The molecule has 0 bridgehead atoms. The van der Waals surface area contributed by atoms with Gasteiger partial charge in [0.2, 0.25) is 28.1 Å². The smallest absolute Gasteiger partial charge is 0.380 e. The van der Waals surface area contributed by atoms with Gasteiger partial charge in [0.05, 0.1) is 29.8 Å². The Morgan fingerprint density at radius 3 is 1.38 bits per heavy atom. The first kappa shape index (κ1) is 46.0. The van der Waals surface area contributed by atoms with Crippen LogP contribution in [-0.2, 0) is 6.54 Å². The Kier molecular flexibility index (Phi) is 16.3. The second-order valence-corrected chi connectivity index (χ2v) is 11.8. The average Bonchev–Trinajstić information content (AvgIpc) is 3.33. The molecule has 0 saturated heterocycles. The summed E-state index contributed by atoms with van der Waals surface area (Å²) in [6.07, 6.45) is 6.00. The number of anilines is 7. The Balaban J connectivity index is 0.000000163. The fourth-order valence-electron chi connectivity index (χ4n) is 4.12. The van der Waals surface area contributed by atoms with E-state index in [0.29, 0.717) is 57.0 Å². The Bertz CT molecular complexity index is 2660. The topological polar surface area (TPSA) is 540 Å². The van der Waals surface area contributed by atoms with Crippen LogP contribution in [0.1, 0.15) is 5.82 Å². The number of nitrogens with one attached hydrogen (secondary N) is 2. The second kappa shape index (κ2) is 23.0. The van der Waals surface area contributed by atoms with E-state index in [1.54, 1.807) is 42.7 Å². The quantitative estimate of drug-likeness (QED) is 0.0610. The molecule has 0 amide bonds. The van der Waals surface area contributed by atoms with Gasteiger partial charge in [-0.2, -0.15) is 0 Å². The Morgan fingerprint density at radius 1 is 0.477 bits per heavy atom. The van der Waals surface area contributed by atoms with Crippen LogP contribution in [0.15, 0.2) is 78.2 Å². The van der Waals surface area contributed by atoms with Crippen molar-refractivity contribution < 1.29 is 0 Å². The molecule has 9 aromatic rings. The highest BCUT2D eigenvalue weighted by molar-refractivity contribution is 7.71. The van der Waals surface area contributed by atoms with Gasteiger partial charge in [0.25, 0.3) is 17.8 Å². The number of nitrogens with two attached hydrogens (primary N) is 8. The van der Waals surface area contributed by atoms with Crippen LogP contribution in [0, 0.1) is 4.77 Å². The Hall–Kier alpha value is -10.1. The minimum absolute atomic E-state index is 0.0374. The van der Waals surface area contributed by atoms with Crippen molar-refractivity contribution in [3.63, 3.8) is 0 Å². The fraction of sp³-hybridized carbons (Fsp3) is 0.0323. The van der Waals surface area contributed by atoms with Gasteiger partial charge in [-0.05, 0) is 48.6 Å². The highest BCUT2D eigenvalue weighted by Crippen LogP contribution is 2.23. The van der Waals surface area contributed by atoms with Crippen molar-refractivity contribution in [1.29, 1.82) is 0 Å². The molecule has 0 aliphatic carbocycles. The third-order valence-electron chi connectivity index (χ3n) is 6.95. The number of benzene rings is 1. The molecule has 9 rings (SSSR count). The van der Waals surface area contributed by atoms with Gasteiger partial charge in [-0.3, -0.25) is 9.97 Å². The minimum Gasteiger partial charge on any atom is -0.398 e. The van der Waals surface area contributed by atoms with Crippen LogP contribution in [-0.4, -0.2) is 122 Å². The highest BCUT2D eigenvalue weighted by atomic mass is 32.1. The molecule has 0 aliphatic heterocycles. The van der Waals surface area contributed by atoms with Gasteiger partial charge in [0, 0.05) is 23.6 Å². The number of hydrogen-bond donors (Lipinski definition) is 10. The largest absolute Gasteiger partial charge is 0.398 e. The van der Waals surface area contributed by atoms with Crippen molar-refractivity contribution in [2.75, 3.05) is 40.1 Å². The number of para-hydroxylation sites is 1. The molecule has 0 aliphatic rings. The molecule has 0 saturated carbocycles. The maximum Gasteiger partial charge on any atom is 0.380 e. The van der Waals surface area contributed by atoms with Crippen molar-refractivity contribution >= 4 is 52.8 Å². The van der Waals surface area contributed by atoms with E-state index in [1.165, 1.54) is 12.5 Å². The van der Waals surface area contributed by atoms with E-state index in [9.17, 15) is 4.79 Å². The lowest BCUT2D eigenvalue weighted by Gasteiger charge is -2.04. The predicted molar refractivity (Wildman–Crippen MR) is 230 cm³/mol. The van der Waals surface area contributed by atoms with Crippen molar-refractivity contribution in [1.82, 2.24) is 122 Å². The molecule has 18 N–H and O–H groups in total. The van der Waals surface area contributed by atoms with Crippen LogP contribution in [0.5, 0.6) is 0 Å². The standard InChI is InChI=1S/C13H11N7.C11H9N9.C3H6N6.C2H3N5O.C2H3N5S/c14-9-5-2-1-4-8(9)12-17-19-13(20-18-12)11-10(15)6-3-7-16-11;12-6-2-1-3-15-8(6)10-17-19-11(20-18-10)9-7(13)4-14-5-16-9;4-1-2-6-8-3(5)9-7-2;2*3-1-4-6-2(8)7-5-1/h1-7H,14-15H2;1-5H,12-13H2;1,4H2,(H2,5,8,9);2*(H2,3,4,5)(H,6,7,8). The van der Waals surface area contributed by atoms with Crippen LogP contribution in [0.2, 0.25) is 0 Å². The first-order chi connectivity index (χ1) is 31.4. The molecule has 33 nitrogen and oxygen atoms in total. The van der Waals surface area contributed by atoms with Gasteiger partial charge in [-0.15, -0.1) is 86.7 Å². The highest BCUT2D eigenvalue weighted by Gasteiger charge is 2.13. The summed E-state index contributed by atoms with van der Waals surface area (Å²) in [5.41, 5.74) is 46.7. The van der Waals surface area contributed by atoms with Crippen LogP contribution >= 0.6 is 12.2 Å². The molecule has 328 valence electrons. The molecule has 8 heterocycles. The Morgan fingerprint density at radius 2 is 0.954 bits per heavy atom. The van der Waals surface area contributed by atoms with E-state index >= 15 is 0 Å². The SMILES string of the molecule is NCc1nnc(N)nn1.Nc1ccccc1-c1nnc(-c2ncccc2N)nn1.Nc1cccnc1-c1nnc(-c2ncncc2N)nn1.Nc1nnc(=O)[nH]n1.Nc1nnc(=S)[nH]n1. The molecule has 0 unspecified atom stereocenters. The normalized spacial score (nSPS) is 9.92. The summed E-state index contributed by atoms with van der Waals surface area (Å²) >= 11 is 4.52. The van der Waals surface area contributed by atoms with Gasteiger partial charge in [0.1, 0.15) is 23.4 Å². The molecule has 34 heteroatoms. The number of rotatable bonds is 5. The summed E-state index contributed by atoms with van der Waals surface area (Å²) in [6, 6.07) is 14.1. The predicted octanol–water partition coefficient (Wildman–Crippen LogP) is -2.93. The molecule has 0 fully saturated rings. The van der Waals surface area contributed by atoms with E-state index in [0.717, 1.165) is 0 Å². The molecule has 0 spiro atoms. The monoisotopic (exact) mass is 900 g/mol. The molecular weight excluding hydrogens is 869 g/mol. The zero-order valence-corrected chi connectivity index (χ0v) is 33.7. The summed E-state index contributed by atoms with van der Waals surface area (Å²) in [7, 11) is 0. The number of pyridine rings is 2. The number of H-pyrrole nitrogens is 2. The maximum absolute atomic E-state index is 10.1. The molecule has 0 atom stereocenters. The van der Waals surface area contributed by atoms with Crippen LogP contribution in [0.25, 0.3) is 45.9 Å². The van der Waals surface area contributed by atoms with Crippen molar-refractivity contribution in [2.24, 2.45) is 5.73 Å². The summed E-state index contributed by atoms with van der Waals surface area (Å²) < 4.78 is 0.235. The Labute approximate surface area is 366 Å². The third kappa shape index (κ3) is 14.0. The lowest BCUT2D eigenvalue weighted by molar-refractivity contribution is 0.767. The van der Waals surface area contributed by atoms with Crippen LogP contribution < -0.4 is 51.6 Å². The number of hydrogen-bond acceptors (Lipinski definition) is 32. The van der Waals surface area contributed by atoms with E-state index in [2.05, 4.69) is 129 Å². The number of aromatic nitrogens is 24. The molecule has 8 aromatic heterocycles. The van der Waals surface area contributed by atoms with Gasteiger partial charge in [-0.25, -0.2) is 25.0 Å². The fourth-order valence-corrected chi connectivity index (χ4v) is 4.21. The van der Waals surface area contributed by atoms with Gasteiger partial charge in [-0.1, -0.05) is 17.2 Å². The summed E-state index contributed by atoms with van der Waals surface area (Å²) in [5, 5.41) is 69.7. The summed E-state index contributed by atoms with van der Waals surface area (Å²) in [4.78, 5) is 26.1. The zero-order chi connectivity index (χ0) is 46.6. The molecular formula is C31H32N32OS. The van der Waals surface area contributed by atoms with Gasteiger partial charge >= 0.3 is 5.69 Å². The van der Waals surface area contributed by atoms with Gasteiger partial charge < -0.3 is 45.9 Å². The zero-order valence-electron chi connectivity index (χ0n) is 32.9. The first-order valence-electron chi connectivity index (χ1n) is 17.5. The van der Waals surface area contributed by atoms with E-state index in [4.69, 9.17) is 45.9 Å². The first-order valence-corrected chi connectivity index (χ1v) is 17.9. The number of nitrogen functional groups attached to an aromatic ring is 7. The van der Waals surface area contributed by atoms with Crippen molar-refractivity contribution in [3.05, 3.63) is 94.5 Å². The molecule has 0 radical (unpaired) electrons. The molecule has 1 aromatic carbocycles. The van der Waals surface area contributed by atoms with Crippen LogP contribution in [0.4, 0.5) is 40.6 Å². The van der Waals surface area contributed by atoms with E-state index < -0.39 is 5.69 Å². The summed E-state index contributed by atoms with van der Waals surface area (Å²) in [5.74, 6) is 1.60. The lowest BCUT2D eigenvalue weighted by Crippen LogP contribution is -2.15. The third-order valence-corrected chi connectivity index (χ3v) is 7.12. The number of aromatic amines is 2. The van der Waals surface area contributed by atoms with Gasteiger partial charge in [0.15, 0.2) is 5.82 Å². The van der Waals surface area contributed by atoms with Crippen LogP contribution in [0.3, 0.4) is 0 Å². The second-order valence-electron chi connectivity index (χ2n) is 11.4. The van der Waals surface area contributed by atoms with E-state index in [1.807, 2.05) is 23.3 Å². The average molecular weight is 901 g/mol. The van der Waals surface area contributed by atoms with Crippen molar-refractivity contribution in [3.8, 4) is 45.9 Å². The van der Waals surface area contributed by atoms with Crippen molar-refractivity contribution in [2.45, 2.75) is 6.54 Å². The van der Waals surface area contributed by atoms with E-state index in [-0.39, 0.29) is 46.6 Å². The summed E-state index contributed by atoms with van der Waals surface area (Å²) in [6.45, 7) is 0.236. The maximum atomic E-state index is 10.1.